The summed E-state index contributed by atoms with van der Waals surface area (Å²) in [6.07, 6.45) is 2.00. The van der Waals surface area contributed by atoms with Crippen LogP contribution in [0.15, 0.2) is 35.4 Å². The molecule has 1 aromatic carbocycles. The first-order valence-corrected chi connectivity index (χ1v) is 11.9. The van der Waals surface area contributed by atoms with Gasteiger partial charge in [0.1, 0.15) is 5.56 Å². The summed E-state index contributed by atoms with van der Waals surface area (Å²) >= 11 is 0. The number of hydrogen-bond acceptors (Lipinski definition) is 6. The highest BCUT2D eigenvalue weighted by Crippen LogP contribution is 2.21. The van der Waals surface area contributed by atoms with E-state index in [1.54, 1.807) is 30.5 Å². The predicted molar refractivity (Wildman–Crippen MR) is 124 cm³/mol. The number of primary amides is 1. The number of anilines is 1. The van der Waals surface area contributed by atoms with E-state index in [0.717, 1.165) is 11.3 Å². The maximum absolute atomic E-state index is 12.6. The molecule has 3 N–H and O–H groups in total. The lowest BCUT2D eigenvalue weighted by Crippen LogP contribution is -2.33. The summed E-state index contributed by atoms with van der Waals surface area (Å²) in [6.45, 7) is 7.25. The topological polar surface area (TPSA) is 140 Å². The number of nitrogens with two attached hydrogens (primary N) is 1. The second-order valence-corrected chi connectivity index (χ2v) is 10.1. The maximum Gasteiger partial charge on any atom is 0.254 e. The fourth-order valence-electron chi connectivity index (χ4n) is 3.46. The number of benzene rings is 1. The van der Waals surface area contributed by atoms with Gasteiger partial charge in [0.2, 0.25) is 15.9 Å². The molecular weight excluding hydrogens is 444 g/mol. The number of sulfonamides is 1. The van der Waals surface area contributed by atoms with Gasteiger partial charge in [-0.25, -0.2) is 17.9 Å². The molecule has 0 spiro atoms. The number of rotatable bonds is 8. The number of aryl methyl sites for hydroxylation is 2. The Morgan fingerprint density at radius 1 is 1.18 bits per heavy atom. The monoisotopic (exact) mass is 472 g/mol. The van der Waals surface area contributed by atoms with Crippen molar-refractivity contribution in [2.24, 2.45) is 5.73 Å². The zero-order valence-corrected chi connectivity index (χ0v) is 20.1. The Bertz CT molecular complexity index is 1310. The average Bonchev–Trinajstić information content (AvgIpc) is 3.17. The van der Waals surface area contributed by atoms with Gasteiger partial charge in [0.05, 0.1) is 11.1 Å². The molecule has 0 atom stereocenters. The van der Waals surface area contributed by atoms with Gasteiger partial charge in [-0.05, 0) is 63.9 Å². The Labute approximate surface area is 192 Å². The van der Waals surface area contributed by atoms with Crippen LogP contribution in [0, 0.1) is 13.8 Å². The molecule has 10 nitrogen and oxygen atoms in total. The lowest BCUT2D eigenvalue weighted by molar-refractivity contribution is -0.116. The largest absolute Gasteiger partial charge is 0.365 e. The van der Waals surface area contributed by atoms with E-state index in [2.05, 4.69) is 15.4 Å². The van der Waals surface area contributed by atoms with Crippen LogP contribution >= 0.6 is 0 Å². The van der Waals surface area contributed by atoms with Crippen LogP contribution in [0.3, 0.4) is 0 Å². The number of aromatic nitrogens is 3. The van der Waals surface area contributed by atoms with Crippen molar-refractivity contribution in [3.05, 3.63) is 53.0 Å². The molecule has 2 amide bonds. The van der Waals surface area contributed by atoms with Crippen LogP contribution in [0.2, 0.25) is 0 Å². The molecule has 0 aliphatic rings. The fourth-order valence-corrected chi connectivity index (χ4v) is 4.83. The van der Waals surface area contributed by atoms with E-state index >= 15 is 0 Å². The molecule has 0 unspecified atom stereocenters. The van der Waals surface area contributed by atoms with Crippen molar-refractivity contribution in [2.45, 2.75) is 51.5 Å². The maximum atomic E-state index is 12.6. The first-order valence-electron chi connectivity index (χ1n) is 10.4. The standard InChI is InChI=1S/C22H28N6O4S/c1-13(2)27(5)33(31,32)17-8-6-16(7-9-17)26-20(29)11-10-18-14(3)25-22-19(21(23)30)12-24-28(22)15(18)4/h6-9,12-13H,10-11H2,1-5H3,(H2,23,30)(H,26,29). The Hall–Kier alpha value is -3.31. The summed E-state index contributed by atoms with van der Waals surface area (Å²) in [7, 11) is -2.05. The summed E-state index contributed by atoms with van der Waals surface area (Å²) in [5.41, 5.74) is 8.85. The van der Waals surface area contributed by atoms with Crippen molar-refractivity contribution in [2.75, 3.05) is 12.4 Å². The SMILES string of the molecule is Cc1nc2c(C(N)=O)cnn2c(C)c1CCC(=O)Nc1ccc(S(=O)(=O)N(C)C(C)C)cc1. The molecule has 0 fully saturated rings. The lowest BCUT2D eigenvalue weighted by atomic mass is 10.1. The van der Waals surface area contributed by atoms with Gasteiger partial charge >= 0.3 is 0 Å². The zero-order valence-electron chi connectivity index (χ0n) is 19.3. The molecule has 2 aromatic heterocycles. The third-order valence-electron chi connectivity index (χ3n) is 5.62. The number of nitrogens with zero attached hydrogens (tertiary/aromatic N) is 4. The Kier molecular flexibility index (Phi) is 6.84. The van der Waals surface area contributed by atoms with Crippen LogP contribution in [0.4, 0.5) is 5.69 Å². The third kappa shape index (κ3) is 4.88. The quantitative estimate of drug-likeness (QED) is 0.514. The molecule has 176 valence electrons. The van der Waals surface area contributed by atoms with Gasteiger partial charge in [-0.3, -0.25) is 9.59 Å². The molecule has 3 rings (SSSR count). The minimum Gasteiger partial charge on any atom is -0.365 e. The minimum absolute atomic E-state index is 0.164. The van der Waals surface area contributed by atoms with E-state index in [1.165, 1.54) is 29.7 Å². The number of nitrogens with one attached hydrogen (secondary N) is 1. The Balaban J connectivity index is 1.70. The van der Waals surface area contributed by atoms with E-state index in [0.29, 0.717) is 23.4 Å². The number of fused-ring (bicyclic) bond motifs is 1. The van der Waals surface area contributed by atoms with E-state index in [-0.39, 0.29) is 28.8 Å². The number of hydrogen-bond donors (Lipinski definition) is 2. The van der Waals surface area contributed by atoms with Gasteiger partial charge in [-0.1, -0.05) is 0 Å². The van der Waals surface area contributed by atoms with Gasteiger partial charge in [0.25, 0.3) is 5.91 Å². The second-order valence-electron chi connectivity index (χ2n) is 8.11. The van der Waals surface area contributed by atoms with Crippen molar-refractivity contribution >= 4 is 33.2 Å². The molecule has 33 heavy (non-hydrogen) atoms. The fraction of sp³-hybridized carbons (Fsp3) is 0.364. The first-order chi connectivity index (χ1) is 15.4. The van der Waals surface area contributed by atoms with Crippen LogP contribution in [0.25, 0.3) is 5.65 Å². The second kappa shape index (κ2) is 9.28. The van der Waals surface area contributed by atoms with Crippen LogP contribution in [-0.4, -0.2) is 52.2 Å². The van der Waals surface area contributed by atoms with E-state index in [4.69, 9.17) is 5.73 Å². The average molecular weight is 473 g/mol. The molecule has 3 aromatic rings. The van der Waals surface area contributed by atoms with Crippen LogP contribution < -0.4 is 11.1 Å². The van der Waals surface area contributed by atoms with Crippen molar-refractivity contribution in [3.63, 3.8) is 0 Å². The van der Waals surface area contributed by atoms with Crippen molar-refractivity contribution in [1.29, 1.82) is 0 Å². The third-order valence-corrected chi connectivity index (χ3v) is 7.67. The molecule has 11 heteroatoms. The molecule has 2 heterocycles. The molecular formula is C22H28N6O4S. The van der Waals surface area contributed by atoms with Crippen molar-refractivity contribution < 1.29 is 18.0 Å². The molecule has 0 saturated heterocycles. The normalized spacial score (nSPS) is 12.0. The summed E-state index contributed by atoms with van der Waals surface area (Å²) in [6, 6.07) is 5.92. The molecule has 0 aliphatic carbocycles. The van der Waals surface area contributed by atoms with Crippen LogP contribution in [0.5, 0.6) is 0 Å². The van der Waals surface area contributed by atoms with Gasteiger partial charge in [-0.2, -0.15) is 9.40 Å². The number of amides is 2. The lowest BCUT2D eigenvalue weighted by Gasteiger charge is -2.21. The van der Waals surface area contributed by atoms with Crippen molar-refractivity contribution in [1.82, 2.24) is 18.9 Å². The number of carbonyl (C=O) groups is 2. The Morgan fingerprint density at radius 3 is 2.39 bits per heavy atom. The van der Waals surface area contributed by atoms with Crippen LogP contribution in [0.1, 0.15) is 47.6 Å². The van der Waals surface area contributed by atoms with E-state index < -0.39 is 15.9 Å². The molecule has 0 radical (unpaired) electrons. The smallest absolute Gasteiger partial charge is 0.254 e. The molecule has 0 bridgehead atoms. The zero-order chi connectivity index (χ0) is 24.5. The Morgan fingerprint density at radius 2 is 1.82 bits per heavy atom. The highest BCUT2D eigenvalue weighted by Gasteiger charge is 2.23. The predicted octanol–water partition coefficient (Wildman–Crippen LogP) is 2.05. The van der Waals surface area contributed by atoms with Gasteiger partial charge in [-0.15, -0.1) is 0 Å². The van der Waals surface area contributed by atoms with Gasteiger partial charge < -0.3 is 11.1 Å². The van der Waals surface area contributed by atoms with E-state index in [9.17, 15) is 18.0 Å². The highest BCUT2D eigenvalue weighted by molar-refractivity contribution is 7.89. The highest BCUT2D eigenvalue weighted by atomic mass is 32.2. The van der Waals surface area contributed by atoms with Crippen LogP contribution in [-0.2, 0) is 21.2 Å². The number of carbonyl (C=O) groups excluding carboxylic acids is 2. The minimum atomic E-state index is -3.58. The van der Waals surface area contributed by atoms with E-state index in [1.807, 2.05) is 13.8 Å². The molecule has 0 aliphatic heterocycles. The van der Waals surface area contributed by atoms with Gasteiger partial charge in [0, 0.05) is 36.6 Å². The summed E-state index contributed by atoms with van der Waals surface area (Å²) in [5.74, 6) is -0.819. The first kappa shape index (κ1) is 24.3. The van der Waals surface area contributed by atoms with Gasteiger partial charge in [0.15, 0.2) is 5.65 Å². The summed E-state index contributed by atoms with van der Waals surface area (Å²) in [5, 5.41) is 6.97. The molecule has 0 saturated carbocycles. The van der Waals surface area contributed by atoms with Crippen molar-refractivity contribution in [3.8, 4) is 0 Å². The summed E-state index contributed by atoms with van der Waals surface area (Å²) in [4.78, 5) is 28.7. The summed E-state index contributed by atoms with van der Waals surface area (Å²) < 4.78 is 28.0.